The molecule has 1 saturated heterocycles. The molecule has 2 aliphatic rings. The van der Waals surface area contributed by atoms with E-state index >= 15 is 0 Å². The smallest absolute Gasteiger partial charge is 0.232 e. The Bertz CT molecular complexity index is 817. The van der Waals surface area contributed by atoms with Crippen LogP contribution in [0.4, 0.5) is 4.39 Å². The van der Waals surface area contributed by atoms with E-state index in [-0.39, 0.29) is 11.7 Å². The largest absolute Gasteiger partial charge is 0.339 e. The molecule has 1 amide bonds. The van der Waals surface area contributed by atoms with Crippen LogP contribution in [0.15, 0.2) is 24.3 Å². The van der Waals surface area contributed by atoms with E-state index < -0.39 is 0 Å². The number of hydrogen-bond donors (Lipinski definition) is 0. The van der Waals surface area contributed by atoms with Crippen LogP contribution in [0.3, 0.4) is 0 Å². The second kappa shape index (κ2) is 9.67. The summed E-state index contributed by atoms with van der Waals surface area (Å²) in [4.78, 5) is 16.7. The zero-order valence-corrected chi connectivity index (χ0v) is 17.4. The summed E-state index contributed by atoms with van der Waals surface area (Å²) >= 11 is 1.58. The van der Waals surface area contributed by atoms with Gasteiger partial charge in [-0.1, -0.05) is 25.0 Å². The van der Waals surface area contributed by atoms with Gasteiger partial charge in [0.05, 0.1) is 17.5 Å². The minimum absolute atomic E-state index is 0.167. The fourth-order valence-corrected chi connectivity index (χ4v) is 4.94. The molecule has 9 heteroatoms. The quantitative estimate of drug-likeness (QED) is 0.688. The molecule has 1 aliphatic carbocycles. The van der Waals surface area contributed by atoms with Gasteiger partial charge in [0, 0.05) is 32.7 Å². The molecule has 2 heterocycles. The van der Waals surface area contributed by atoms with Gasteiger partial charge in [0.1, 0.15) is 5.82 Å². The van der Waals surface area contributed by atoms with Crippen molar-refractivity contribution in [2.45, 2.75) is 44.0 Å². The second-order valence-corrected chi connectivity index (χ2v) is 8.74. The molecule has 0 unspecified atom stereocenters. The van der Waals surface area contributed by atoms with E-state index in [1.807, 2.05) is 15.6 Å². The predicted octanol–water partition coefficient (Wildman–Crippen LogP) is 2.50. The maximum Gasteiger partial charge on any atom is 0.232 e. The first kappa shape index (κ1) is 20.3. The highest BCUT2D eigenvalue weighted by Gasteiger charge is 2.23. The van der Waals surface area contributed by atoms with Crippen LogP contribution in [-0.2, 0) is 17.1 Å². The van der Waals surface area contributed by atoms with Crippen LogP contribution in [0.5, 0.6) is 0 Å². The highest BCUT2D eigenvalue weighted by molar-refractivity contribution is 7.99. The van der Waals surface area contributed by atoms with Gasteiger partial charge in [0.15, 0.2) is 5.82 Å². The lowest BCUT2D eigenvalue weighted by Crippen LogP contribution is -2.48. The number of aromatic nitrogens is 4. The zero-order chi connectivity index (χ0) is 20.1. The zero-order valence-electron chi connectivity index (χ0n) is 16.5. The molecule has 0 radical (unpaired) electrons. The van der Waals surface area contributed by atoms with Crippen LogP contribution < -0.4 is 0 Å². The van der Waals surface area contributed by atoms with Gasteiger partial charge in [0.25, 0.3) is 0 Å². The molecular formula is C20H27FN6OS. The van der Waals surface area contributed by atoms with Gasteiger partial charge in [-0.2, -0.15) is 0 Å². The topological polar surface area (TPSA) is 67.2 Å². The maximum atomic E-state index is 13.3. The van der Waals surface area contributed by atoms with E-state index in [1.54, 1.807) is 23.9 Å². The summed E-state index contributed by atoms with van der Waals surface area (Å²) in [6, 6.07) is 7.14. The Kier molecular flexibility index (Phi) is 6.76. The first-order valence-corrected chi connectivity index (χ1v) is 11.4. The molecule has 7 nitrogen and oxygen atoms in total. The first-order valence-electron chi connectivity index (χ1n) is 10.3. The van der Waals surface area contributed by atoms with Crippen molar-refractivity contribution in [2.24, 2.45) is 0 Å². The number of nitrogens with zero attached hydrogens (tertiary/aromatic N) is 6. The van der Waals surface area contributed by atoms with Gasteiger partial charge in [-0.3, -0.25) is 9.69 Å². The van der Waals surface area contributed by atoms with Crippen molar-refractivity contribution in [3.8, 4) is 0 Å². The molecule has 156 valence electrons. The molecule has 29 heavy (non-hydrogen) atoms. The Hall–Kier alpha value is -2.00. The first-order chi connectivity index (χ1) is 14.2. The highest BCUT2D eigenvalue weighted by atomic mass is 32.2. The lowest BCUT2D eigenvalue weighted by molar-refractivity contribution is -0.130. The van der Waals surface area contributed by atoms with E-state index in [0.717, 1.165) is 43.9 Å². The Morgan fingerprint density at radius 1 is 1.17 bits per heavy atom. The third kappa shape index (κ3) is 5.33. The van der Waals surface area contributed by atoms with E-state index in [9.17, 15) is 9.18 Å². The molecule has 0 bridgehead atoms. The van der Waals surface area contributed by atoms with Crippen molar-refractivity contribution >= 4 is 17.7 Å². The Morgan fingerprint density at radius 3 is 2.72 bits per heavy atom. The summed E-state index contributed by atoms with van der Waals surface area (Å²) in [5.74, 6) is 1.94. The van der Waals surface area contributed by atoms with Crippen molar-refractivity contribution in [1.82, 2.24) is 30.0 Å². The number of thioether (sulfide) groups is 1. The molecular weight excluding hydrogens is 391 g/mol. The van der Waals surface area contributed by atoms with Crippen molar-refractivity contribution in [2.75, 3.05) is 31.9 Å². The van der Waals surface area contributed by atoms with Gasteiger partial charge < -0.3 is 4.90 Å². The number of benzene rings is 1. The summed E-state index contributed by atoms with van der Waals surface area (Å²) in [7, 11) is 0. The van der Waals surface area contributed by atoms with Crippen LogP contribution >= 0.6 is 11.8 Å². The third-order valence-corrected chi connectivity index (χ3v) is 6.62. The van der Waals surface area contributed by atoms with Crippen molar-refractivity contribution in [3.63, 3.8) is 0 Å². The fourth-order valence-electron chi connectivity index (χ4n) is 4.11. The number of piperazine rings is 1. The van der Waals surface area contributed by atoms with Gasteiger partial charge in [-0.05, 0) is 41.0 Å². The van der Waals surface area contributed by atoms with Gasteiger partial charge in [-0.15, -0.1) is 16.9 Å². The highest BCUT2D eigenvalue weighted by Crippen LogP contribution is 2.29. The summed E-state index contributed by atoms with van der Waals surface area (Å²) in [6.45, 7) is 3.78. The molecule has 1 aromatic carbocycles. The lowest BCUT2D eigenvalue weighted by Gasteiger charge is -2.34. The number of amides is 1. The van der Waals surface area contributed by atoms with Crippen molar-refractivity contribution in [1.29, 1.82) is 0 Å². The van der Waals surface area contributed by atoms with Crippen LogP contribution in [0, 0.1) is 5.82 Å². The SMILES string of the molecule is O=C(CSCc1nnnn1C1CCCC1)N1CCN(Cc2cccc(F)c2)CC1. The standard InChI is InChI=1S/C20H27FN6OS/c21-17-5-3-4-16(12-17)13-25-8-10-26(11-9-25)20(28)15-29-14-19-22-23-24-27(19)18-6-1-2-7-18/h3-5,12,18H,1-2,6-11,13-15H2. The Balaban J connectivity index is 1.19. The van der Waals surface area contributed by atoms with E-state index in [1.165, 1.54) is 18.9 Å². The number of carbonyl (C=O) groups excluding carboxylic acids is 1. The monoisotopic (exact) mass is 418 g/mol. The number of carbonyl (C=O) groups is 1. The van der Waals surface area contributed by atoms with Gasteiger partial charge in [-0.25, -0.2) is 9.07 Å². The molecule has 0 spiro atoms. The van der Waals surface area contributed by atoms with E-state index in [0.29, 0.717) is 30.6 Å². The lowest BCUT2D eigenvalue weighted by atomic mass is 10.2. The summed E-state index contributed by atoms with van der Waals surface area (Å²) in [5, 5.41) is 12.1. The van der Waals surface area contributed by atoms with E-state index in [4.69, 9.17) is 0 Å². The number of tetrazole rings is 1. The molecule has 2 aromatic rings. The normalized spacial score (nSPS) is 18.4. The maximum absolute atomic E-state index is 13.3. The molecule has 1 saturated carbocycles. The van der Waals surface area contributed by atoms with Crippen molar-refractivity contribution < 1.29 is 9.18 Å². The molecule has 0 atom stereocenters. The Morgan fingerprint density at radius 2 is 1.97 bits per heavy atom. The molecule has 4 rings (SSSR count). The predicted molar refractivity (Wildman–Crippen MR) is 110 cm³/mol. The number of hydrogen-bond acceptors (Lipinski definition) is 6. The summed E-state index contributed by atoms with van der Waals surface area (Å²) in [6.07, 6.45) is 4.75. The average molecular weight is 419 g/mol. The minimum Gasteiger partial charge on any atom is -0.339 e. The van der Waals surface area contributed by atoms with E-state index in [2.05, 4.69) is 20.4 Å². The van der Waals surface area contributed by atoms with Crippen LogP contribution in [-0.4, -0.2) is 67.8 Å². The number of halogens is 1. The summed E-state index contributed by atoms with van der Waals surface area (Å²) in [5.41, 5.74) is 0.973. The Labute approximate surface area is 174 Å². The minimum atomic E-state index is -0.202. The van der Waals surface area contributed by atoms with Gasteiger partial charge >= 0.3 is 0 Å². The molecule has 0 N–H and O–H groups in total. The fraction of sp³-hybridized carbons (Fsp3) is 0.600. The second-order valence-electron chi connectivity index (χ2n) is 7.76. The van der Waals surface area contributed by atoms with Crippen LogP contribution in [0.1, 0.15) is 43.1 Å². The van der Waals surface area contributed by atoms with Crippen LogP contribution in [0.25, 0.3) is 0 Å². The molecule has 1 aliphatic heterocycles. The summed E-state index contributed by atoms with van der Waals surface area (Å²) < 4.78 is 15.3. The molecule has 2 fully saturated rings. The van der Waals surface area contributed by atoms with Crippen LogP contribution in [0.2, 0.25) is 0 Å². The average Bonchev–Trinajstić information content (AvgIpc) is 3.40. The molecule has 1 aromatic heterocycles. The van der Waals surface area contributed by atoms with Gasteiger partial charge in [0.2, 0.25) is 5.91 Å². The number of rotatable bonds is 7. The van der Waals surface area contributed by atoms with Crippen molar-refractivity contribution in [3.05, 3.63) is 41.5 Å². The third-order valence-electron chi connectivity index (χ3n) is 5.71.